The molecule has 1 aliphatic carbocycles. The van der Waals surface area contributed by atoms with E-state index < -0.39 is 0 Å². The van der Waals surface area contributed by atoms with Gasteiger partial charge in [-0.15, -0.1) is 0 Å². The largest absolute Gasteiger partial charge is 0.496 e. The van der Waals surface area contributed by atoms with Gasteiger partial charge in [0.05, 0.1) is 7.11 Å². The predicted octanol–water partition coefficient (Wildman–Crippen LogP) is 3.80. The second-order valence-corrected chi connectivity index (χ2v) is 7.45. The molecule has 1 saturated heterocycles. The number of nitrogens with zero attached hydrogens (tertiary/aromatic N) is 1. The Balaban J connectivity index is 1.53. The molecule has 2 fully saturated rings. The maximum atomic E-state index is 12.6. The van der Waals surface area contributed by atoms with E-state index in [1.54, 1.807) is 12.0 Å². The first-order valence-electron chi connectivity index (χ1n) is 9.28. The highest BCUT2D eigenvalue weighted by atomic mass is 32.1. The number of aryl methyl sites for hydroxylation is 1. The van der Waals surface area contributed by atoms with Gasteiger partial charge in [0.15, 0.2) is 5.11 Å². The van der Waals surface area contributed by atoms with Crippen molar-refractivity contribution in [2.45, 2.75) is 32.4 Å². The molecule has 2 aliphatic rings. The van der Waals surface area contributed by atoms with Crippen LogP contribution >= 0.6 is 12.2 Å². The average molecular weight is 394 g/mol. The smallest absolute Gasteiger partial charge is 0.276 e. The zero-order valence-electron chi connectivity index (χ0n) is 15.9. The van der Waals surface area contributed by atoms with Gasteiger partial charge in [-0.05, 0) is 67.9 Å². The molecule has 0 radical (unpaired) electrons. The van der Waals surface area contributed by atoms with Gasteiger partial charge in [-0.3, -0.25) is 9.69 Å². The lowest BCUT2D eigenvalue weighted by Crippen LogP contribution is -2.32. The Morgan fingerprint density at radius 3 is 2.64 bits per heavy atom. The highest BCUT2D eigenvalue weighted by Crippen LogP contribution is 2.31. The number of hydrogen-bond acceptors (Lipinski definition) is 4. The molecule has 0 aromatic heterocycles. The summed E-state index contributed by atoms with van der Waals surface area (Å²) in [6.45, 7) is 2.41. The number of benzene rings is 2. The van der Waals surface area contributed by atoms with Crippen LogP contribution in [0.1, 0.15) is 29.5 Å². The quantitative estimate of drug-likeness (QED) is 0.597. The molecule has 1 heterocycles. The van der Waals surface area contributed by atoms with Crippen LogP contribution in [-0.2, 0) is 11.4 Å². The molecular weight excluding hydrogens is 372 g/mol. The number of nitrogens with one attached hydrogen (secondary N) is 1. The Kier molecular flexibility index (Phi) is 5.05. The molecule has 2 aromatic rings. The lowest BCUT2D eigenvalue weighted by Gasteiger charge is -2.12. The number of carbonyl (C=O) groups excluding carboxylic acids is 1. The fourth-order valence-corrected chi connectivity index (χ4v) is 3.52. The van der Waals surface area contributed by atoms with Crippen molar-refractivity contribution in [3.8, 4) is 11.5 Å². The highest BCUT2D eigenvalue weighted by Gasteiger charge is 2.41. The zero-order valence-corrected chi connectivity index (χ0v) is 16.7. The van der Waals surface area contributed by atoms with Crippen molar-refractivity contribution < 1.29 is 14.3 Å². The number of amides is 1. The standard InChI is InChI=1S/C22H22N2O3S/c1-14-3-8-18(9-4-14)27-13-16-11-15(5-10-20(16)26-2)12-19-21(25)24(17-6-7-17)22(28)23-19/h3-5,8-12,17H,6-7,13H2,1-2H3,(H,23,28)/b19-12+. The number of ether oxygens (including phenoxy) is 2. The number of hydrogen-bond donors (Lipinski definition) is 1. The van der Waals surface area contributed by atoms with Crippen molar-refractivity contribution in [2.24, 2.45) is 0 Å². The predicted molar refractivity (Wildman–Crippen MR) is 112 cm³/mol. The van der Waals surface area contributed by atoms with Crippen molar-refractivity contribution in [3.05, 3.63) is 64.9 Å². The van der Waals surface area contributed by atoms with Gasteiger partial charge in [0.1, 0.15) is 23.8 Å². The van der Waals surface area contributed by atoms with Crippen LogP contribution in [0.4, 0.5) is 0 Å². The van der Waals surface area contributed by atoms with Crippen LogP contribution in [-0.4, -0.2) is 29.1 Å². The summed E-state index contributed by atoms with van der Waals surface area (Å²) in [5.74, 6) is 1.49. The third-order valence-electron chi connectivity index (χ3n) is 4.85. The lowest BCUT2D eigenvalue weighted by atomic mass is 10.1. The zero-order chi connectivity index (χ0) is 19.7. The molecule has 0 spiro atoms. The monoisotopic (exact) mass is 394 g/mol. The van der Waals surface area contributed by atoms with Gasteiger partial charge < -0.3 is 14.8 Å². The molecule has 28 heavy (non-hydrogen) atoms. The van der Waals surface area contributed by atoms with Gasteiger partial charge in [-0.2, -0.15) is 0 Å². The third kappa shape index (κ3) is 3.87. The molecule has 4 rings (SSSR count). The van der Waals surface area contributed by atoms with Gasteiger partial charge in [-0.1, -0.05) is 23.8 Å². The number of carbonyl (C=O) groups is 1. The first-order chi connectivity index (χ1) is 13.5. The molecule has 2 aromatic carbocycles. The lowest BCUT2D eigenvalue weighted by molar-refractivity contribution is -0.122. The van der Waals surface area contributed by atoms with Gasteiger partial charge in [-0.25, -0.2) is 0 Å². The van der Waals surface area contributed by atoms with E-state index in [0.29, 0.717) is 17.4 Å². The summed E-state index contributed by atoms with van der Waals surface area (Å²) in [4.78, 5) is 14.3. The summed E-state index contributed by atoms with van der Waals surface area (Å²) in [7, 11) is 1.64. The number of thiocarbonyl (C=S) groups is 1. The van der Waals surface area contributed by atoms with E-state index in [2.05, 4.69) is 5.32 Å². The van der Waals surface area contributed by atoms with Crippen LogP contribution < -0.4 is 14.8 Å². The molecule has 0 atom stereocenters. The maximum Gasteiger partial charge on any atom is 0.276 e. The SMILES string of the molecule is COc1ccc(/C=C2/NC(=S)N(C3CC3)C2=O)cc1COc1ccc(C)cc1. The van der Waals surface area contributed by atoms with Crippen LogP contribution in [0.2, 0.25) is 0 Å². The Morgan fingerprint density at radius 1 is 1.21 bits per heavy atom. The van der Waals surface area contributed by atoms with Gasteiger partial charge in [0, 0.05) is 11.6 Å². The second kappa shape index (κ2) is 7.64. The minimum Gasteiger partial charge on any atom is -0.496 e. The van der Waals surface area contributed by atoms with Gasteiger partial charge >= 0.3 is 0 Å². The molecule has 0 unspecified atom stereocenters. The van der Waals surface area contributed by atoms with Crippen molar-refractivity contribution in [1.82, 2.24) is 10.2 Å². The summed E-state index contributed by atoms with van der Waals surface area (Å²) in [5.41, 5.74) is 3.49. The van der Waals surface area contributed by atoms with Crippen molar-refractivity contribution >= 4 is 29.3 Å². The minimum atomic E-state index is -0.0548. The van der Waals surface area contributed by atoms with E-state index in [4.69, 9.17) is 21.7 Å². The summed E-state index contributed by atoms with van der Waals surface area (Å²) in [6, 6.07) is 13.9. The molecule has 1 saturated carbocycles. The first-order valence-corrected chi connectivity index (χ1v) is 9.68. The van der Waals surface area contributed by atoms with E-state index in [1.807, 2.05) is 55.5 Å². The van der Waals surface area contributed by atoms with Crippen molar-refractivity contribution in [1.29, 1.82) is 0 Å². The Bertz CT molecular complexity index is 949. The molecule has 6 heteroatoms. The summed E-state index contributed by atoms with van der Waals surface area (Å²) < 4.78 is 11.4. The van der Waals surface area contributed by atoms with Crippen LogP contribution in [0.25, 0.3) is 6.08 Å². The average Bonchev–Trinajstić information content (AvgIpc) is 3.48. The number of methoxy groups -OCH3 is 1. The normalized spacial score (nSPS) is 17.8. The second-order valence-electron chi connectivity index (χ2n) is 7.07. The van der Waals surface area contributed by atoms with Crippen LogP contribution in [0.3, 0.4) is 0 Å². The summed E-state index contributed by atoms with van der Waals surface area (Å²) in [6.07, 6.45) is 3.86. The highest BCUT2D eigenvalue weighted by molar-refractivity contribution is 7.80. The molecular formula is C22H22N2O3S. The van der Waals surface area contributed by atoms with Crippen LogP contribution in [0, 0.1) is 6.92 Å². The summed E-state index contributed by atoms with van der Waals surface area (Å²) in [5, 5.41) is 3.54. The molecule has 0 bridgehead atoms. The fraction of sp³-hybridized carbons (Fsp3) is 0.273. The van der Waals surface area contributed by atoms with Crippen molar-refractivity contribution in [3.63, 3.8) is 0 Å². The summed E-state index contributed by atoms with van der Waals surface area (Å²) >= 11 is 5.31. The van der Waals surface area contributed by atoms with E-state index in [0.717, 1.165) is 35.5 Å². The van der Waals surface area contributed by atoms with Crippen molar-refractivity contribution in [2.75, 3.05) is 7.11 Å². The molecule has 1 N–H and O–H groups in total. The van der Waals surface area contributed by atoms with Gasteiger partial charge in [0.25, 0.3) is 5.91 Å². The Morgan fingerprint density at radius 2 is 1.96 bits per heavy atom. The Hall–Kier alpha value is -2.86. The molecule has 1 aliphatic heterocycles. The van der Waals surface area contributed by atoms with Crippen LogP contribution in [0.5, 0.6) is 11.5 Å². The molecule has 1 amide bonds. The number of rotatable bonds is 6. The van der Waals surface area contributed by atoms with E-state index in [1.165, 1.54) is 5.56 Å². The fourth-order valence-electron chi connectivity index (χ4n) is 3.18. The Labute approximate surface area is 169 Å². The molecule has 5 nitrogen and oxygen atoms in total. The van der Waals surface area contributed by atoms with Gasteiger partial charge in [0.2, 0.25) is 0 Å². The minimum absolute atomic E-state index is 0.0548. The first kappa shape index (κ1) is 18.5. The van der Waals surface area contributed by atoms with E-state index >= 15 is 0 Å². The topological polar surface area (TPSA) is 50.8 Å². The van der Waals surface area contributed by atoms with Crippen LogP contribution in [0.15, 0.2) is 48.2 Å². The molecule has 144 valence electrons. The maximum absolute atomic E-state index is 12.6. The van der Waals surface area contributed by atoms with E-state index in [-0.39, 0.29) is 11.9 Å². The third-order valence-corrected chi connectivity index (χ3v) is 5.15. The van der Waals surface area contributed by atoms with E-state index in [9.17, 15) is 4.79 Å².